The van der Waals surface area contributed by atoms with Crippen LogP contribution < -0.4 is 13.8 Å². The summed E-state index contributed by atoms with van der Waals surface area (Å²) in [6, 6.07) is 14.3. The first-order valence-electron chi connectivity index (χ1n) is 12.2. The molecule has 12 heteroatoms. The predicted molar refractivity (Wildman–Crippen MR) is 146 cm³/mol. The number of nitriles is 1. The van der Waals surface area contributed by atoms with Gasteiger partial charge in [-0.2, -0.15) is 5.26 Å². The summed E-state index contributed by atoms with van der Waals surface area (Å²) < 4.78 is 39.7. The highest BCUT2D eigenvalue weighted by molar-refractivity contribution is 7.93. The van der Waals surface area contributed by atoms with E-state index in [1.807, 2.05) is 0 Å². The number of hydrogen-bond acceptors (Lipinski definition) is 9. The van der Waals surface area contributed by atoms with Crippen LogP contribution in [0.2, 0.25) is 0 Å². The fraction of sp³-hybridized carbons (Fsp3) is 0.286. The fourth-order valence-corrected chi connectivity index (χ4v) is 6.44. The third kappa shape index (κ3) is 4.24. The molecule has 2 amide bonds. The Morgan fingerprint density at radius 1 is 1.05 bits per heavy atom. The quantitative estimate of drug-likeness (QED) is 0.405. The molecule has 0 radical (unpaired) electrons. The normalized spacial score (nSPS) is 17.2. The molecule has 11 nitrogen and oxygen atoms in total. The van der Waals surface area contributed by atoms with Crippen molar-refractivity contribution >= 4 is 27.5 Å². The Balaban J connectivity index is 2.10. The summed E-state index contributed by atoms with van der Waals surface area (Å²) in [4.78, 5) is 35.0. The summed E-state index contributed by atoms with van der Waals surface area (Å²) in [5, 5.41) is 9.75. The minimum absolute atomic E-state index is 0.0436. The number of benzene rings is 2. The Hall–Kier alpha value is -4.47. The van der Waals surface area contributed by atoms with Crippen LogP contribution in [-0.4, -0.2) is 76.4 Å². The number of carbonyl (C=O) groups excluding carboxylic acids is 2. The van der Waals surface area contributed by atoms with E-state index < -0.39 is 27.5 Å². The molecule has 1 aromatic heterocycles. The van der Waals surface area contributed by atoms with Gasteiger partial charge in [-0.15, -0.1) is 0 Å². The van der Waals surface area contributed by atoms with Crippen molar-refractivity contribution in [3.63, 3.8) is 0 Å². The first-order valence-corrected chi connectivity index (χ1v) is 13.6. The number of aromatic nitrogens is 1. The average Bonchev–Trinajstić information content (AvgIpc) is 3.23. The summed E-state index contributed by atoms with van der Waals surface area (Å²) >= 11 is 0. The second-order valence-corrected chi connectivity index (χ2v) is 11.2. The topological polar surface area (TPSA) is 133 Å². The molecule has 0 bridgehead atoms. The number of anilines is 1. The number of amides is 2. The summed E-state index contributed by atoms with van der Waals surface area (Å²) in [6.45, 7) is 1.62. The number of sulfonamides is 1. The molecule has 0 aliphatic carbocycles. The standard InChI is InChI=1S/C28H29N5O6S/c1-18(26(34)31(2)3)32(4)28(22-8-7-15-30-25(22)39-6)23-16-19(17-29)9-14-24(23)33(27(28)35)40(36,37)21-12-10-20(38-5)11-13-21/h7-16,18H,1-6H3. The van der Waals surface area contributed by atoms with Crippen molar-refractivity contribution in [2.24, 2.45) is 0 Å². The molecule has 0 N–H and O–H groups in total. The van der Waals surface area contributed by atoms with E-state index in [9.17, 15) is 23.3 Å². The lowest BCUT2D eigenvalue weighted by molar-refractivity contribution is -0.138. The van der Waals surface area contributed by atoms with Crippen LogP contribution in [-0.2, 0) is 25.2 Å². The number of nitrogens with zero attached hydrogens (tertiary/aromatic N) is 5. The zero-order valence-electron chi connectivity index (χ0n) is 22.9. The fourth-order valence-electron chi connectivity index (χ4n) is 4.99. The van der Waals surface area contributed by atoms with Gasteiger partial charge in [0, 0.05) is 31.4 Å². The maximum atomic E-state index is 14.8. The van der Waals surface area contributed by atoms with E-state index in [0.717, 1.165) is 4.31 Å². The van der Waals surface area contributed by atoms with Crippen molar-refractivity contribution in [1.29, 1.82) is 5.26 Å². The molecule has 3 aromatic rings. The van der Waals surface area contributed by atoms with E-state index in [0.29, 0.717) is 5.75 Å². The van der Waals surface area contributed by atoms with Gasteiger partial charge in [-0.3, -0.25) is 14.5 Å². The Morgan fingerprint density at radius 3 is 2.30 bits per heavy atom. The van der Waals surface area contributed by atoms with Gasteiger partial charge in [0.2, 0.25) is 11.8 Å². The van der Waals surface area contributed by atoms with Gasteiger partial charge < -0.3 is 14.4 Å². The van der Waals surface area contributed by atoms with Crippen molar-refractivity contribution in [3.8, 4) is 17.7 Å². The molecule has 2 heterocycles. The smallest absolute Gasteiger partial charge is 0.271 e. The first-order chi connectivity index (χ1) is 19.0. The highest BCUT2D eigenvalue weighted by Gasteiger charge is 2.61. The number of fused-ring (bicyclic) bond motifs is 1. The van der Waals surface area contributed by atoms with Crippen LogP contribution in [0.25, 0.3) is 0 Å². The zero-order chi connectivity index (χ0) is 29.4. The molecule has 1 aliphatic heterocycles. The SMILES string of the molecule is COc1ccc(S(=O)(=O)N2C(=O)C(c3cccnc3OC)(N(C)C(C)C(=O)N(C)C)c3cc(C#N)ccc32)cc1. The Bertz CT molecular complexity index is 1620. The highest BCUT2D eigenvalue weighted by Crippen LogP contribution is 2.52. The van der Waals surface area contributed by atoms with E-state index in [2.05, 4.69) is 11.1 Å². The summed E-state index contributed by atoms with van der Waals surface area (Å²) in [5.41, 5.74) is -1.26. The van der Waals surface area contributed by atoms with Crippen LogP contribution in [0, 0.1) is 11.3 Å². The van der Waals surface area contributed by atoms with Crippen LogP contribution in [0.1, 0.15) is 23.6 Å². The molecule has 4 rings (SSSR count). The molecule has 208 valence electrons. The molecule has 2 unspecified atom stereocenters. The van der Waals surface area contributed by atoms with Crippen LogP contribution in [0.4, 0.5) is 5.69 Å². The van der Waals surface area contributed by atoms with Gasteiger partial charge >= 0.3 is 0 Å². The zero-order valence-corrected chi connectivity index (χ0v) is 23.8. The summed E-state index contributed by atoms with van der Waals surface area (Å²) in [6.07, 6.45) is 1.47. The first kappa shape index (κ1) is 28.5. The largest absolute Gasteiger partial charge is 0.497 e. The van der Waals surface area contributed by atoms with Gasteiger partial charge in [-0.05, 0) is 68.6 Å². The van der Waals surface area contributed by atoms with Crippen LogP contribution in [0.15, 0.2) is 65.7 Å². The maximum absolute atomic E-state index is 14.8. The lowest BCUT2D eigenvalue weighted by atomic mass is 9.81. The van der Waals surface area contributed by atoms with Crippen molar-refractivity contribution in [2.45, 2.75) is 23.4 Å². The predicted octanol–water partition coefficient (Wildman–Crippen LogP) is 2.36. The molecule has 0 saturated carbocycles. The van der Waals surface area contributed by atoms with Gasteiger partial charge in [-0.25, -0.2) is 17.7 Å². The van der Waals surface area contributed by atoms with E-state index in [4.69, 9.17) is 9.47 Å². The number of methoxy groups -OCH3 is 2. The van der Waals surface area contributed by atoms with E-state index >= 15 is 0 Å². The molecular formula is C28H29N5O6S. The molecule has 1 aliphatic rings. The molecule has 0 saturated heterocycles. The minimum Gasteiger partial charge on any atom is -0.497 e. The third-order valence-corrected chi connectivity index (χ3v) is 8.80. The molecule has 2 aromatic carbocycles. The Labute approximate surface area is 233 Å². The summed E-state index contributed by atoms with van der Waals surface area (Å²) in [7, 11) is 3.09. The molecule has 2 atom stereocenters. The molecule has 0 fully saturated rings. The van der Waals surface area contributed by atoms with Gasteiger partial charge in [0.05, 0.1) is 42.5 Å². The van der Waals surface area contributed by atoms with Gasteiger partial charge in [-0.1, -0.05) is 0 Å². The molecule has 40 heavy (non-hydrogen) atoms. The Kier molecular flexibility index (Phi) is 7.56. The van der Waals surface area contributed by atoms with Crippen LogP contribution >= 0.6 is 0 Å². The lowest BCUT2D eigenvalue weighted by Gasteiger charge is -2.41. The van der Waals surface area contributed by atoms with Gasteiger partial charge in [0.1, 0.15) is 5.75 Å². The van der Waals surface area contributed by atoms with Gasteiger partial charge in [0.15, 0.2) is 5.54 Å². The summed E-state index contributed by atoms with van der Waals surface area (Å²) in [5.74, 6) is -0.701. The van der Waals surface area contributed by atoms with Crippen LogP contribution in [0.3, 0.4) is 0 Å². The maximum Gasteiger partial charge on any atom is 0.271 e. The van der Waals surface area contributed by atoms with E-state index in [1.165, 1.54) is 72.7 Å². The number of hydrogen-bond donors (Lipinski definition) is 0. The van der Waals surface area contributed by atoms with E-state index in [1.54, 1.807) is 40.2 Å². The molecule has 0 spiro atoms. The average molecular weight is 564 g/mol. The lowest BCUT2D eigenvalue weighted by Crippen LogP contribution is -2.59. The number of carbonyl (C=O) groups is 2. The highest BCUT2D eigenvalue weighted by atomic mass is 32.2. The van der Waals surface area contributed by atoms with Gasteiger partial charge in [0.25, 0.3) is 15.9 Å². The Morgan fingerprint density at radius 2 is 1.73 bits per heavy atom. The monoisotopic (exact) mass is 563 g/mol. The number of rotatable bonds is 8. The number of likely N-dealkylation sites (N-methyl/N-ethyl adjacent to an activating group) is 2. The number of pyridine rings is 1. The van der Waals surface area contributed by atoms with E-state index in [-0.39, 0.29) is 39.1 Å². The minimum atomic E-state index is -4.48. The van der Waals surface area contributed by atoms with Crippen molar-refractivity contribution in [1.82, 2.24) is 14.8 Å². The van der Waals surface area contributed by atoms with Crippen molar-refractivity contribution in [3.05, 3.63) is 77.5 Å². The van der Waals surface area contributed by atoms with Crippen LogP contribution in [0.5, 0.6) is 11.6 Å². The van der Waals surface area contributed by atoms with Crippen molar-refractivity contribution < 1.29 is 27.5 Å². The number of ether oxygens (including phenoxy) is 2. The molecular weight excluding hydrogens is 534 g/mol. The second-order valence-electron chi connectivity index (χ2n) is 9.38. The third-order valence-electron chi connectivity index (χ3n) is 7.09. The second kappa shape index (κ2) is 10.6. The van der Waals surface area contributed by atoms with Crippen molar-refractivity contribution in [2.75, 3.05) is 39.7 Å².